The number of ether oxygens (including phenoxy) is 1. The first-order valence-corrected chi connectivity index (χ1v) is 9.58. The van der Waals surface area contributed by atoms with Crippen molar-refractivity contribution in [3.8, 4) is 0 Å². The van der Waals surface area contributed by atoms with E-state index in [4.69, 9.17) is 4.74 Å². The summed E-state index contributed by atoms with van der Waals surface area (Å²) in [7, 11) is 0. The number of carbonyl (C=O) groups is 2. The maximum absolute atomic E-state index is 11.7. The van der Waals surface area contributed by atoms with Gasteiger partial charge in [-0.2, -0.15) is 0 Å². The number of amides is 2. The third-order valence-electron chi connectivity index (χ3n) is 3.62. The van der Waals surface area contributed by atoms with Gasteiger partial charge >= 0.3 is 6.09 Å². The first-order valence-electron chi connectivity index (χ1n) is 9.58. The number of carbonyl (C=O) groups excluding carboxylic acids is 2. The van der Waals surface area contributed by atoms with Gasteiger partial charge in [-0.25, -0.2) is 4.79 Å². The van der Waals surface area contributed by atoms with Crippen LogP contribution in [0.5, 0.6) is 0 Å². The second kappa shape index (κ2) is 14.1. The molecule has 5 heteroatoms. The molecule has 2 N–H and O–H groups in total. The summed E-state index contributed by atoms with van der Waals surface area (Å²) < 4.78 is 5.12. The molecule has 0 aromatic heterocycles. The Morgan fingerprint density at radius 1 is 0.792 bits per heavy atom. The van der Waals surface area contributed by atoms with E-state index in [1.807, 2.05) is 20.8 Å². The lowest BCUT2D eigenvalue weighted by atomic mass is 10.1. The molecule has 0 spiro atoms. The minimum atomic E-state index is -0.497. The highest BCUT2D eigenvalue weighted by Crippen LogP contribution is 2.10. The van der Waals surface area contributed by atoms with E-state index in [2.05, 4.69) is 17.6 Å². The third kappa shape index (κ3) is 17.1. The largest absolute Gasteiger partial charge is 0.444 e. The molecule has 0 atom stereocenters. The predicted molar refractivity (Wildman–Crippen MR) is 99.1 cm³/mol. The molecule has 0 heterocycles. The molecule has 0 aromatic carbocycles. The van der Waals surface area contributed by atoms with Crippen molar-refractivity contribution in [3.63, 3.8) is 0 Å². The highest BCUT2D eigenvalue weighted by atomic mass is 16.6. The molecule has 0 aromatic rings. The van der Waals surface area contributed by atoms with Crippen molar-refractivity contribution in [1.29, 1.82) is 0 Å². The molecular weight excluding hydrogens is 304 g/mol. The molecule has 24 heavy (non-hydrogen) atoms. The van der Waals surface area contributed by atoms with Gasteiger partial charge < -0.3 is 15.4 Å². The summed E-state index contributed by atoms with van der Waals surface area (Å²) in [4.78, 5) is 23.1. The summed E-state index contributed by atoms with van der Waals surface area (Å²) in [5.41, 5.74) is -0.497. The van der Waals surface area contributed by atoms with Crippen molar-refractivity contribution in [2.45, 2.75) is 97.5 Å². The van der Waals surface area contributed by atoms with Crippen molar-refractivity contribution >= 4 is 12.0 Å². The van der Waals surface area contributed by atoms with E-state index in [1.54, 1.807) is 0 Å². The zero-order chi connectivity index (χ0) is 18.3. The van der Waals surface area contributed by atoms with E-state index in [0.29, 0.717) is 19.5 Å². The number of alkyl carbamates (subject to hydrolysis) is 1. The summed E-state index contributed by atoms with van der Waals surface area (Å²) in [6, 6.07) is 0. The van der Waals surface area contributed by atoms with Crippen molar-refractivity contribution < 1.29 is 14.3 Å². The predicted octanol–water partition coefficient (Wildman–Crippen LogP) is 4.55. The number of rotatable bonds is 13. The van der Waals surface area contributed by atoms with Crippen molar-refractivity contribution in [1.82, 2.24) is 10.6 Å². The van der Waals surface area contributed by atoms with E-state index < -0.39 is 11.7 Å². The normalized spacial score (nSPS) is 11.2. The lowest BCUT2D eigenvalue weighted by Crippen LogP contribution is -2.37. The molecule has 0 aliphatic carbocycles. The number of unbranched alkanes of at least 4 members (excludes halogenated alkanes) is 8. The molecule has 142 valence electrons. The van der Waals surface area contributed by atoms with Crippen LogP contribution in [-0.4, -0.2) is 30.7 Å². The summed E-state index contributed by atoms with van der Waals surface area (Å²) in [6.07, 6.45) is 11.4. The second-order valence-electron chi connectivity index (χ2n) is 7.36. The fourth-order valence-corrected chi connectivity index (χ4v) is 2.37. The summed E-state index contributed by atoms with van der Waals surface area (Å²) >= 11 is 0. The fourth-order valence-electron chi connectivity index (χ4n) is 2.37. The Morgan fingerprint density at radius 2 is 1.29 bits per heavy atom. The van der Waals surface area contributed by atoms with E-state index in [0.717, 1.165) is 12.8 Å². The molecular formula is C19H38N2O3. The van der Waals surface area contributed by atoms with Gasteiger partial charge in [0.05, 0.1) is 0 Å². The SMILES string of the molecule is CCCCCCCCCCCC(=O)NCCNC(=O)OC(C)(C)C. The van der Waals surface area contributed by atoms with Gasteiger partial charge in [0, 0.05) is 19.5 Å². The van der Waals surface area contributed by atoms with E-state index in [-0.39, 0.29) is 5.91 Å². The lowest BCUT2D eigenvalue weighted by Gasteiger charge is -2.19. The van der Waals surface area contributed by atoms with E-state index >= 15 is 0 Å². The van der Waals surface area contributed by atoms with Crippen molar-refractivity contribution in [2.24, 2.45) is 0 Å². The van der Waals surface area contributed by atoms with Crippen LogP contribution in [0.3, 0.4) is 0 Å². The summed E-state index contributed by atoms with van der Waals surface area (Å²) in [5, 5.41) is 5.44. The van der Waals surface area contributed by atoms with Gasteiger partial charge in [0.1, 0.15) is 5.60 Å². The first-order chi connectivity index (χ1) is 11.3. The van der Waals surface area contributed by atoms with Gasteiger partial charge in [0.2, 0.25) is 5.91 Å². The maximum atomic E-state index is 11.7. The quantitative estimate of drug-likeness (QED) is 0.483. The maximum Gasteiger partial charge on any atom is 0.407 e. The number of nitrogens with one attached hydrogen (secondary N) is 2. The minimum Gasteiger partial charge on any atom is -0.444 e. The van der Waals surface area contributed by atoms with Crippen molar-refractivity contribution in [3.05, 3.63) is 0 Å². The van der Waals surface area contributed by atoms with Crippen LogP contribution in [-0.2, 0) is 9.53 Å². The Bertz CT molecular complexity index is 338. The van der Waals surface area contributed by atoms with Crippen LogP contribution in [0.25, 0.3) is 0 Å². The van der Waals surface area contributed by atoms with Crippen LogP contribution in [0.2, 0.25) is 0 Å². The van der Waals surface area contributed by atoms with Crippen LogP contribution in [0.1, 0.15) is 91.9 Å². The average Bonchev–Trinajstić information content (AvgIpc) is 2.48. The molecule has 0 rings (SSSR count). The molecule has 0 aliphatic heterocycles. The number of hydrogen-bond acceptors (Lipinski definition) is 3. The van der Waals surface area contributed by atoms with Crippen LogP contribution >= 0.6 is 0 Å². The topological polar surface area (TPSA) is 67.4 Å². The standard InChI is InChI=1S/C19H38N2O3/c1-5-6-7-8-9-10-11-12-13-14-17(22)20-15-16-21-18(23)24-19(2,3)4/h5-16H2,1-4H3,(H,20,22)(H,21,23). The van der Waals surface area contributed by atoms with E-state index in [1.165, 1.54) is 44.9 Å². The van der Waals surface area contributed by atoms with Gasteiger partial charge in [-0.15, -0.1) is 0 Å². The Hall–Kier alpha value is -1.26. The summed E-state index contributed by atoms with van der Waals surface area (Å²) in [5.74, 6) is 0.0592. The molecule has 0 saturated heterocycles. The molecule has 0 saturated carbocycles. The van der Waals surface area contributed by atoms with Gasteiger partial charge in [-0.3, -0.25) is 4.79 Å². The van der Waals surface area contributed by atoms with Crippen LogP contribution < -0.4 is 10.6 Å². The van der Waals surface area contributed by atoms with Crippen LogP contribution in [0.4, 0.5) is 4.79 Å². The monoisotopic (exact) mass is 342 g/mol. The Morgan fingerprint density at radius 3 is 1.83 bits per heavy atom. The second-order valence-corrected chi connectivity index (χ2v) is 7.36. The zero-order valence-corrected chi connectivity index (χ0v) is 16.2. The van der Waals surface area contributed by atoms with E-state index in [9.17, 15) is 9.59 Å². The average molecular weight is 343 g/mol. The number of hydrogen-bond donors (Lipinski definition) is 2. The Balaban J connectivity index is 3.37. The lowest BCUT2D eigenvalue weighted by molar-refractivity contribution is -0.121. The molecule has 5 nitrogen and oxygen atoms in total. The highest BCUT2D eigenvalue weighted by Gasteiger charge is 2.15. The Labute approximate surface area is 148 Å². The highest BCUT2D eigenvalue weighted by molar-refractivity contribution is 5.75. The van der Waals surface area contributed by atoms with Crippen LogP contribution in [0, 0.1) is 0 Å². The zero-order valence-electron chi connectivity index (χ0n) is 16.2. The third-order valence-corrected chi connectivity index (χ3v) is 3.62. The molecule has 0 unspecified atom stereocenters. The summed E-state index contributed by atoms with van der Waals surface area (Å²) in [6.45, 7) is 8.52. The van der Waals surface area contributed by atoms with Gasteiger partial charge in [-0.1, -0.05) is 58.3 Å². The van der Waals surface area contributed by atoms with Gasteiger partial charge in [0.25, 0.3) is 0 Å². The van der Waals surface area contributed by atoms with Gasteiger partial charge in [0.15, 0.2) is 0 Å². The van der Waals surface area contributed by atoms with Crippen molar-refractivity contribution in [2.75, 3.05) is 13.1 Å². The molecule has 0 aliphatic rings. The fraction of sp³-hybridized carbons (Fsp3) is 0.895. The molecule has 0 fully saturated rings. The van der Waals surface area contributed by atoms with Gasteiger partial charge in [-0.05, 0) is 27.2 Å². The minimum absolute atomic E-state index is 0.0592. The molecule has 0 radical (unpaired) electrons. The first kappa shape index (κ1) is 22.7. The smallest absolute Gasteiger partial charge is 0.407 e. The molecule has 0 bridgehead atoms. The Kier molecular flexibility index (Phi) is 13.4. The molecule has 2 amide bonds. The van der Waals surface area contributed by atoms with Crippen LogP contribution in [0.15, 0.2) is 0 Å².